The third-order valence-electron chi connectivity index (χ3n) is 2.78. The number of aromatic nitrogens is 4. The minimum Gasteiger partial charge on any atom is -0.363 e. The Balaban J connectivity index is 1.99. The van der Waals surface area contributed by atoms with Gasteiger partial charge in [-0.2, -0.15) is 0 Å². The average Bonchev–Trinajstić information content (AvgIpc) is 2.85. The lowest BCUT2D eigenvalue weighted by Crippen LogP contribution is -2.09. The van der Waals surface area contributed by atoms with Crippen LogP contribution in [-0.2, 0) is 19.5 Å². The molecule has 2 aromatic rings. The fourth-order valence-electron chi connectivity index (χ4n) is 1.81. The van der Waals surface area contributed by atoms with E-state index >= 15 is 0 Å². The summed E-state index contributed by atoms with van der Waals surface area (Å²) in [6, 6.07) is 1.98. The first-order valence-electron chi connectivity index (χ1n) is 6.38. The van der Waals surface area contributed by atoms with Gasteiger partial charge >= 0.3 is 0 Å². The summed E-state index contributed by atoms with van der Waals surface area (Å²) in [6.45, 7) is 5.93. The zero-order chi connectivity index (χ0) is 12.8. The molecule has 5 heteroatoms. The molecule has 0 bridgehead atoms. The second-order valence-corrected chi connectivity index (χ2v) is 4.14. The van der Waals surface area contributed by atoms with Crippen molar-refractivity contribution < 1.29 is 0 Å². The fourth-order valence-corrected chi connectivity index (χ4v) is 1.81. The number of nitrogens with one attached hydrogen (secondary N) is 1. The van der Waals surface area contributed by atoms with E-state index < -0.39 is 0 Å². The third kappa shape index (κ3) is 3.06. The highest BCUT2D eigenvalue weighted by Gasteiger charge is 2.02. The summed E-state index contributed by atoms with van der Waals surface area (Å²) in [6.07, 6.45) is 7.47. The van der Waals surface area contributed by atoms with Gasteiger partial charge in [-0.3, -0.25) is 0 Å². The first-order chi connectivity index (χ1) is 8.83. The van der Waals surface area contributed by atoms with E-state index in [1.807, 2.05) is 18.5 Å². The summed E-state index contributed by atoms with van der Waals surface area (Å²) in [5, 5.41) is 3.29. The number of nitrogens with zero attached hydrogens (tertiary/aromatic N) is 4. The number of imidazole rings is 1. The largest absolute Gasteiger partial charge is 0.363 e. The molecular weight excluding hydrogens is 226 g/mol. The van der Waals surface area contributed by atoms with Crippen LogP contribution in [0.4, 0.5) is 5.82 Å². The zero-order valence-corrected chi connectivity index (χ0v) is 10.9. The van der Waals surface area contributed by atoms with Gasteiger partial charge in [0, 0.05) is 30.7 Å². The zero-order valence-electron chi connectivity index (χ0n) is 10.9. The number of anilines is 1. The van der Waals surface area contributed by atoms with Gasteiger partial charge in [0.05, 0.1) is 6.54 Å². The molecule has 2 aromatic heterocycles. The molecular formula is C13H19N5. The van der Waals surface area contributed by atoms with E-state index in [-0.39, 0.29) is 0 Å². The van der Waals surface area contributed by atoms with E-state index in [4.69, 9.17) is 0 Å². The van der Waals surface area contributed by atoms with Gasteiger partial charge in [0.15, 0.2) is 0 Å². The lowest BCUT2D eigenvalue weighted by atomic mass is 10.3. The molecule has 0 aliphatic heterocycles. The van der Waals surface area contributed by atoms with Crippen LogP contribution in [0.15, 0.2) is 24.8 Å². The van der Waals surface area contributed by atoms with Crippen molar-refractivity contribution in [3.8, 4) is 0 Å². The monoisotopic (exact) mass is 245 g/mol. The minimum atomic E-state index is 0.688. The first kappa shape index (κ1) is 12.5. The molecule has 0 spiro atoms. The maximum absolute atomic E-state index is 4.35. The standard InChI is InChI=1S/C13H19N5/c1-3-6-18-7-5-14-13(18)9-15-12-8-11(4-2)16-10-17-12/h5,7-8,10H,3-4,6,9H2,1-2H3,(H,15,16,17). The van der Waals surface area contributed by atoms with E-state index in [1.165, 1.54) is 0 Å². The van der Waals surface area contributed by atoms with Crippen LogP contribution < -0.4 is 5.32 Å². The number of aryl methyl sites for hydroxylation is 2. The summed E-state index contributed by atoms with van der Waals surface area (Å²) in [5.74, 6) is 1.89. The van der Waals surface area contributed by atoms with Crippen LogP contribution >= 0.6 is 0 Å². The summed E-state index contributed by atoms with van der Waals surface area (Å²) in [4.78, 5) is 12.7. The molecule has 0 saturated heterocycles. The number of hydrogen-bond donors (Lipinski definition) is 1. The van der Waals surface area contributed by atoms with Crippen LogP contribution in [0.3, 0.4) is 0 Å². The smallest absolute Gasteiger partial charge is 0.129 e. The lowest BCUT2D eigenvalue weighted by molar-refractivity contribution is 0.644. The molecule has 1 N–H and O–H groups in total. The molecule has 5 nitrogen and oxygen atoms in total. The lowest BCUT2D eigenvalue weighted by Gasteiger charge is -2.08. The van der Waals surface area contributed by atoms with Gasteiger partial charge in [-0.25, -0.2) is 15.0 Å². The van der Waals surface area contributed by atoms with Crippen molar-refractivity contribution in [1.82, 2.24) is 19.5 Å². The molecule has 0 amide bonds. The maximum Gasteiger partial charge on any atom is 0.129 e. The predicted octanol–water partition coefficient (Wildman–Crippen LogP) is 2.26. The van der Waals surface area contributed by atoms with Crippen LogP contribution in [0, 0.1) is 0 Å². The van der Waals surface area contributed by atoms with Gasteiger partial charge in [-0.1, -0.05) is 13.8 Å². The van der Waals surface area contributed by atoms with Gasteiger partial charge < -0.3 is 9.88 Å². The van der Waals surface area contributed by atoms with E-state index in [1.54, 1.807) is 6.33 Å². The van der Waals surface area contributed by atoms with Crippen molar-refractivity contribution in [3.63, 3.8) is 0 Å². The molecule has 2 heterocycles. The summed E-state index contributed by atoms with van der Waals surface area (Å²) < 4.78 is 2.16. The van der Waals surface area contributed by atoms with Gasteiger partial charge in [-0.15, -0.1) is 0 Å². The molecule has 0 aliphatic carbocycles. The van der Waals surface area contributed by atoms with Crippen molar-refractivity contribution in [1.29, 1.82) is 0 Å². The normalized spacial score (nSPS) is 10.6. The Kier molecular flexibility index (Phi) is 4.28. The molecule has 0 aliphatic rings. The first-order valence-corrected chi connectivity index (χ1v) is 6.38. The van der Waals surface area contributed by atoms with Crippen LogP contribution in [0.2, 0.25) is 0 Å². The SMILES string of the molecule is CCCn1ccnc1CNc1cc(CC)ncn1. The highest BCUT2D eigenvalue weighted by atomic mass is 15.1. The quantitative estimate of drug-likeness (QED) is 0.848. The Morgan fingerprint density at radius 1 is 1.22 bits per heavy atom. The molecule has 0 aromatic carbocycles. The Bertz CT molecular complexity index is 492. The molecule has 0 atom stereocenters. The van der Waals surface area contributed by atoms with Crippen LogP contribution in [-0.4, -0.2) is 19.5 Å². The average molecular weight is 245 g/mol. The van der Waals surface area contributed by atoms with E-state index in [9.17, 15) is 0 Å². The van der Waals surface area contributed by atoms with E-state index in [0.717, 1.165) is 36.7 Å². The van der Waals surface area contributed by atoms with Crippen molar-refractivity contribution in [2.24, 2.45) is 0 Å². The summed E-state index contributed by atoms with van der Waals surface area (Å²) >= 11 is 0. The number of rotatable bonds is 6. The van der Waals surface area contributed by atoms with Crippen molar-refractivity contribution in [2.45, 2.75) is 39.8 Å². The Hall–Kier alpha value is -1.91. The second kappa shape index (κ2) is 6.14. The molecule has 0 saturated carbocycles. The molecule has 0 radical (unpaired) electrons. The Labute approximate surface area is 107 Å². The topological polar surface area (TPSA) is 55.6 Å². The van der Waals surface area contributed by atoms with Crippen LogP contribution in [0.5, 0.6) is 0 Å². The predicted molar refractivity (Wildman–Crippen MR) is 71.3 cm³/mol. The molecule has 96 valence electrons. The van der Waals surface area contributed by atoms with E-state index in [2.05, 4.69) is 38.7 Å². The van der Waals surface area contributed by atoms with Crippen LogP contribution in [0.25, 0.3) is 0 Å². The van der Waals surface area contributed by atoms with Crippen molar-refractivity contribution >= 4 is 5.82 Å². The van der Waals surface area contributed by atoms with Gasteiger partial charge in [0.2, 0.25) is 0 Å². The Morgan fingerprint density at radius 2 is 2.11 bits per heavy atom. The highest BCUT2D eigenvalue weighted by Crippen LogP contribution is 2.07. The van der Waals surface area contributed by atoms with Gasteiger partial charge in [0.25, 0.3) is 0 Å². The number of hydrogen-bond acceptors (Lipinski definition) is 4. The van der Waals surface area contributed by atoms with Crippen molar-refractivity contribution in [2.75, 3.05) is 5.32 Å². The molecule has 0 fully saturated rings. The molecule has 0 unspecified atom stereocenters. The summed E-state index contributed by atoms with van der Waals surface area (Å²) in [5.41, 5.74) is 1.05. The summed E-state index contributed by atoms with van der Waals surface area (Å²) in [7, 11) is 0. The third-order valence-corrected chi connectivity index (χ3v) is 2.78. The van der Waals surface area contributed by atoms with Crippen molar-refractivity contribution in [3.05, 3.63) is 36.3 Å². The maximum atomic E-state index is 4.35. The fraction of sp³-hybridized carbons (Fsp3) is 0.462. The van der Waals surface area contributed by atoms with Gasteiger partial charge in [-0.05, 0) is 12.8 Å². The molecule has 2 rings (SSSR count). The minimum absolute atomic E-state index is 0.688. The van der Waals surface area contributed by atoms with Gasteiger partial charge in [0.1, 0.15) is 18.0 Å². The molecule has 18 heavy (non-hydrogen) atoms. The van der Waals surface area contributed by atoms with E-state index in [0.29, 0.717) is 6.54 Å². The second-order valence-electron chi connectivity index (χ2n) is 4.14. The Morgan fingerprint density at radius 3 is 2.89 bits per heavy atom. The van der Waals surface area contributed by atoms with Crippen LogP contribution in [0.1, 0.15) is 31.8 Å². The highest BCUT2D eigenvalue weighted by molar-refractivity contribution is 5.34.